The second-order valence-corrected chi connectivity index (χ2v) is 6.03. The highest BCUT2D eigenvalue weighted by Gasteiger charge is 2.36. The summed E-state index contributed by atoms with van der Waals surface area (Å²) in [5.74, 6) is -0.0773. The van der Waals surface area contributed by atoms with E-state index in [0.29, 0.717) is 13.1 Å². The van der Waals surface area contributed by atoms with E-state index >= 15 is 0 Å². The summed E-state index contributed by atoms with van der Waals surface area (Å²) < 4.78 is 6.10. The van der Waals surface area contributed by atoms with E-state index in [1.807, 2.05) is 24.3 Å². The van der Waals surface area contributed by atoms with Gasteiger partial charge in [0, 0.05) is 23.2 Å². The maximum Gasteiger partial charge on any atom is 0.290 e. The van der Waals surface area contributed by atoms with Gasteiger partial charge in [-0.15, -0.1) is 0 Å². The second-order valence-electron chi connectivity index (χ2n) is 5.12. The molecule has 0 radical (unpaired) electrons. The van der Waals surface area contributed by atoms with Gasteiger partial charge in [-0.3, -0.25) is 9.59 Å². The van der Waals surface area contributed by atoms with E-state index in [4.69, 9.17) is 4.42 Å². The summed E-state index contributed by atoms with van der Waals surface area (Å²) in [7, 11) is 0. The Labute approximate surface area is 136 Å². The van der Waals surface area contributed by atoms with Gasteiger partial charge in [0.2, 0.25) is 5.91 Å². The summed E-state index contributed by atoms with van der Waals surface area (Å²) in [6.45, 7) is 2.69. The van der Waals surface area contributed by atoms with Gasteiger partial charge in [0.25, 0.3) is 5.91 Å². The first-order valence-corrected chi connectivity index (χ1v) is 7.78. The van der Waals surface area contributed by atoms with Crippen molar-refractivity contribution >= 4 is 33.4 Å². The second kappa shape index (κ2) is 5.96. The monoisotopic (exact) mass is 362 g/mol. The van der Waals surface area contributed by atoms with Crippen molar-refractivity contribution in [3.63, 3.8) is 0 Å². The maximum atomic E-state index is 12.6. The molecule has 1 fully saturated rings. The Morgan fingerprint density at radius 2 is 1.95 bits per heavy atom. The number of halogens is 1. The molecule has 0 unspecified atom stereocenters. The Morgan fingerprint density at radius 3 is 2.59 bits per heavy atom. The lowest BCUT2D eigenvalue weighted by Gasteiger charge is -2.38. The Hall–Kier alpha value is -2.08. The minimum atomic E-state index is -0.519. The summed E-state index contributed by atoms with van der Waals surface area (Å²) >= 11 is 3.38. The summed E-state index contributed by atoms with van der Waals surface area (Å²) in [6.07, 6.45) is 1.46. The van der Waals surface area contributed by atoms with Crippen LogP contribution in [0, 0.1) is 0 Å². The van der Waals surface area contributed by atoms with Crippen LogP contribution in [0.2, 0.25) is 0 Å². The Balaban J connectivity index is 1.78. The van der Waals surface area contributed by atoms with E-state index in [9.17, 15) is 9.59 Å². The molecule has 6 heteroatoms. The minimum Gasteiger partial charge on any atom is -0.459 e. The third-order valence-electron chi connectivity index (χ3n) is 3.79. The van der Waals surface area contributed by atoms with Gasteiger partial charge < -0.3 is 14.2 Å². The van der Waals surface area contributed by atoms with E-state index in [1.54, 1.807) is 28.9 Å². The molecule has 0 aliphatic carbocycles. The average molecular weight is 363 g/mol. The highest BCUT2D eigenvalue weighted by molar-refractivity contribution is 9.10. The van der Waals surface area contributed by atoms with Gasteiger partial charge in [-0.1, -0.05) is 15.9 Å². The molecule has 114 valence electrons. The van der Waals surface area contributed by atoms with Gasteiger partial charge in [0.15, 0.2) is 5.76 Å². The van der Waals surface area contributed by atoms with Gasteiger partial charge in [0.05, 0.1) is 6.26 Å². The zero-order valence-electron chi connectivity index (χ0n) is 12.0. The smallest absolute Gasteiger partial charge is 0.290 e. The van der Waals surface area contributed by atoms with Gasteiger partial charge in [-0.05, 0) is 43.3 Å². The third-order valence-corrected chi connectivity index (χ3v) is 4.32. The fraction of sp³-hybridized carbons (Fsp3) is 0.250. The Bertz CT molecular complexity index is 682. The molecule has 1 aliphatic heterocycles. The van der Waals surface area contributed by atoms with E-state index < -0.39 is 6.04 Å². The van der Waals surface area contributed by atoms with Crippen LogP contribution in [0.4, 0.5) is 5.69 Å². The van der Waals surface area contributed by atoms with Crippen molar-refractivity contribution in [2.24, 2.45) is 0 Å². The van der Waals surface area contributed by atoms with E-state index in [-0.39, 0.29) is 17.6 Å². The van der Waals surface area contributed by atoms with Crippen molar-refractivity contribution in [3.05, 3.63) is 52.9 Å². The Morgan fingerprint density at radius 1 is 1.23 bits per heavy atom. The number of carbonyl (C=O) groups is 2. The van der Waals surface area contributed by atoms with Crippen LogP contribution in [0.3, 0.4) is 0 Å². The molecule has 2 amide bonds. The van der Waals surface area contributed by atoms with Gasteiger partial charge >= 0.3 is 0 Å². The van der Waals surface area contributed by atoms with Crippen molar-refractivity contribution in [2.75, 3.05) is 18.0 Å². The molecule has 1 aliphatic rings. The number of rotatable bonds is 2. The highest BCUT2D eigenvalue weighted by Crippen LogP contribution is 2.23. The van der Waals surface area contributed by atoms with Crippen LogP contribution in [0.5, 0.6) is 0 Å². The summed E-state index contributed by atoms with van der Waals surface area (Å²) in [4.78, 5) is 28.2. The van der Waals surface area contributed by atoms with Crippen LogP contribution in [0.15, 0.2) is 51.6 Å². The van der Waals surface area contributed by atoms with Crippen molar-refractivity contribution < 1.29 is 14.0 Å². The van der Waals surface area contributed by atoms with Crippen LogP contribution in [-0.4, -0.2) is 35.8 Å². The van der Waals surface area contributed by atoms with E-state index in [0.717, 1.165) is 10.2 Å². The number of hydrogen-bond acceptors (Lipinski definition) is 3. The normalized spacial score (nSPS) is 18.6. The van der Waals surface area contributed by atoms with E-state index in [1.165, 1.54) is 6.26 Å². The number of piperazine rings is 1. The molecule has 2 aromatic rings. The predicted molar refractivity (Wildman–Crippen MR) is 85.7 cm³/mol. The quantitative estimate of drug-likeness (QED) is 0.825. The van der Waals surface area contributed by atoms with Crippen LogP contribution in [0.25, 0.3) is 0 Å². The van der Waals surface area contributed by atoms with Crippen molar-refractivity contribution in [3.8, 4) is 0 Å². The SMILES string of the molecule is C[C@H]1C(=O)N(c2ccc(Br)cc2)CCN1C(=O)c1ccco1. The molecule has 22 heavy (non-hydrogen) atoms. The number of amides is 2. The largest absolute Gasteiger partial charge is 0.459 e. The lowest BCUT2D eigenvalue weighted by molar-refractivity contribution is -0.124. The molecule has 1 saturated heterocycles. The zero-order valence-corrected chi connectivity index (χ0v) is 13.6. The molecule has 0 spiro atoms. The van der Waals surface area contributed by atoms with Crippen molar-refractivity contribution in [1.82, 2.24) is 4.90 Å². The van der Waals surface area contributed by atoms with Gasteiger partial charge in [-0.2, -0.15) is 0 Å². The molecular formula is C16H15BrN2O3. The Kier molecular flexibility index (Phi) is 4.02. The highest BCUT2D eigenvalue weighted by atomic mass is 79.9. The predicted octanol–water partition coefficient (Wildman–Crippen LogP) is 2.92. The topological polar surface area (TPSA) is 53.8 Å². The summed E-state index contributed by atoms with van der Waals surface area (Å²) in [6, 6.07) is 10.3. The van der Waals surface area contributed by atoms with Crippen molar-refractivity contribution in [1.29, 1.82) is 0 Å². The number of benzene rings is 1. The number of nitrogens with zero attached hydrogens (tertiary/aromatic N) is 2. The number of carbonyl (C=O) groups excluding carboxylic acids is 2. The molecular weight excluding hydrogens is 348 g/mol. The fourth-order valence-corrected chi connectivity index (χ4v) is 2.83. The molecule has 0 N–H and O–H groups in total. The van der Waals surface area contributed by atoms with Crippen LogP contribution >= 0.6 is 15.9 Å². The third kappa shape index (κ3) is 2.66. The average Bonchev–Trinajstić information content (AvgIpc) is 3.05. The molecule has 1 aromatic heterocycles. The maximum absolute atomic E-state index is 12.6. The zero-order chi connectivity index (χ0) is 15.7. The first-order chi connectivity index (χ1) is 10.6. The van der Waals surface area contributed by atoms with Crippen LogP contribution in [0.1, 0.15) is 17.5 Å². The fourth-order valence-electron chi connectivity index (χ4n) is 2.57. The number of anilines is 1. The molecule has 2 heterocycles. The summed E-state index contributed by atoms with van der Waals surface area (Å²) in [5.41, 5.74) is 0.838. The lowest BCUT2D eigenvalue weighted by atomic mass is 10.1. The number of hydrogen-bond donors (Lipinski definition) is 0. The lowest BCUT2D eigenvalue weighted by Crippen LogP contribution is -2.57. The van der Waals surface area contributed by atoms with Crippen LogP contribution < -0.4 is 4.90 Å². The summed E-state index contributed by atoms with van der Waals surface area (Å²) in [5, 5.41) is 0. The van der Waals surface area contributed by atoms with Gasteiger partial charge in [0.1, 0.15) is 6.04 Å². The van der Waals surface area contributed by atoms with Gasteiger partial charge in [-0.25, -0.2) is 0 Å². The first kappa shape index (κ1) is 14.8. The van der Waals surface area contributed by atoms with E-state index in [2.05, 4.69) is 15.9 Å². The first-order valence-electron chi connectivity index (χ1n) is 6.99. The van der Waals surface area contributed by atoms with Crippen LogP contribution in [-0.2, 0) is 4.79 Å². The van der Waals surface area contributed by atoms with Crippen molar-refractivity contribution in [2.45, 2.75) is 13.0 Å². The molecule has 1 aromatic carbocycles. The number of furan rings is 1. The molecule has 1 atom stereocenters. The minimum absolute atomic E-state index is 0.0894. The molecule has 3 rings (SSSR count). The molecule has 0 saturated carbocycles. The standard InChI is InChI=1S/C16H15BrN2O3/c1-11-15(20)19(13-6-4-12(17)5-7-13)9-8-18(11)16(21)14-3-2-10-22-14/h2-7,10-11H,8-9H2,1H3/t11-/m0/s1. The molecule has 5 nitrogen and oxygen atoms in total. The molecule has 0 bridgehead atoms.